The van der Waals surface area contributed by atoms with E-state index in [2.05, 4.69) is 15.5 Å². The van der Waals surface area contributed by atoms with Gasteiger partial charge >= 0.3 is 0 Å². The lowest BCUT2D eigenvalue weighted by Gasteiger charge is -2.18. The van der Waals surface area contributed by atoms with Crippen LogP contribution in [0.5, 0.6) is 5.75 Å². The summed E-state index contributed by atoms with van der Waals surface area (Å²) >= 11 is 0. The van der Waals surface area contributed by atoms with Crippen LogP contribution in [-0.4, -0.2) is 28.3 Å². The molecule has 0 aliphatic carbocycles. The topological polar surface area (TPSA) is 71.2 Å². The van der Waals surface area contributed by atoms with Gasteiger partial charge in [-0.25, -0.2) is 0 Å². The third kappa shape index (κ3) is 2.22. The summed E-state index contributed by atoms with van der Waals surface area (Å²) < 4.78 is 5.27. The minimum absolute atomic E-state index is 0.203. The molecule has 1 aromatic heterocycles. The lowest BCUT2D eigenvalue weighted by atomic mass is 9.98. The fraction of sp³-hybridized carbons (Fsp3) is 0.385. The Balaban J connectivity index is 1.84. The van der Waals surface area contributed by atoms with Crippen LogP contribution in [0.2, 0.25) is 0 Å². The number of aromatic nitrogens is 2. The molecule has 94 valence electrons. The molecule has 1 aliphatic rings. The zero-order chi connectivity index (χ0) is 12.4. The number of piperidine rings is 1. The minimum atomic E-state index is 0.203. The Kier molecular flexibility index (Phi) is 2.98. The number of nitrogens with one attached hydrogen (secondary N) is 1. The number of benzene rings is 1. The van der Waals surface area contributed by atoms with E-state index in [0.717, 1.165) is 37.3 Å². The number of rotatable bonds is 2. The van der Waals surface area contributed by atoms with Crippen molar-refractivity contribution in [3.8, 4) is 17.2 Å². The Hall–Kier alpha value is -1.88. The molecule has 3 rings (SSSR count). The van der Waals surface area contributed by atoms with Crippen LogP contribution in [0, 0.1) is 0 Å². The van der Waals surface area contributed by atoms with E-state index in [1.807, 2.05) is 6.07 Å². The summed E-state index contributed by atoms with van der Waals surface area (Å²) in [5.41, 5.74) is 0.752. The molecular weight excluding hydrogens is 230 g/mol. The van der Waals surface area contributed by atoms with Crippen molar-refractivity contribution in [2.75, 3.05) is 13.1 Å². The third-order valence-electron chi connectivity index (χ3n) is 3.24. The van der Waals surface area contributed by atoms with Crippen LogP contribution in [-0.2, 0) is 0 Å². The summed E-state index contributed by atoms with van der Waals surface area (Å²) in [5.74, 6) is 1.82. The first kappa shape index (κ1) is 11.2. The monoisotopic (exact) mass is 245 g/mol. The van der Waals surface area contributed by atoms with Crippen LogP contribution in [0.3, 0.4) is 0 Å². The van der Waals surface area contributed by atoms with E-state index in [1.54, 1.807) is 18.2 Å². The van der Waals surface area contributed by atoms with Gasteiger partial charge in [-0.15, -0.1) is 0 Å². The summed E-state index contributed by atoms with van der Waals surface area (Å²) in [6, 6.07) is 6.85. The molecule has 0 bridgehead atoms. The van der Waals surface area contributed by atoms with Crippen molar-refractivity contribution in [2.24, 2.45) is 0 Å². The van der Waals surface area contributed by atoms with Crippen molar-refractivity contribution in [1.29, 1.82) is 0 Å². The molecule has 0 unspecified atom stereocenters. The SMILES string of the molecule is Oc1cccc(-c2nc(C3CCNCC3)no2)c1. The van der Waals surface area contributed by atoms with Crippen LogP contribution in [0.25, 0.3) is 11.5 Å². The maximum atomic E-state index is 9.43. The average Bonchev–Trinajstić information content (AvgIpc) is 2.89. The molecule has 1 aliphatic heterocycles. The number of phenols is 1. The Bertz CT molecular complexity index is 533. The molecule has 1 fully saturated rings. The molecule has 2 aromatic rings. The molecule has 5 nitrogen and oxygen atoms in total. The largest absolute Gasteiger partial charge is 0.508 e. The molecule has 18 heavy (non-hydrogen) atoms. The normalized spacial score (nSPS) is 16.9. The molecule has 0 atom stereocenters. The van der Waals surface area contributed by atoms with Crippen molar-refractivity contribution in [1.82, 2.24) is 15.5 Å². The van der Waals surface area contributed by atoms with Gasteiger partial charge in [0.2, 0.25) is 0 Å². The van der Waals surface area contributed by atoms with Gasteiger partial charge in [-0.1, -0.05) is 11.2 Å². The fourth-order valence-corrected chi connectivity index (χ4v) is 2.24. The number of phenolic OH excluding ortho intramolecular Hbond substituents is 1. The van der Waals surface area contributed by atoms with Gasteiger partial charge in [0.05, 0.1) is 0 Å². The molecule has 0 radical (unpaired) electrons. The number of hydrogen-bond donors (Lipinski definition) is 2. The van der Waals surface area contributed by atoms with Crippen molar-refractivity contribution < 1.29 is 9.63 Å². The predicted molar refractivity (Wildman–Crippen MR) is 66.2 cm³/mol. The Morgan fingerprint density at radius 3 is 2.89 bits per heavy atom. The van der Waals surface area contributed by atoms with Crippen LogP contribution in [0.1, 0.15) is 24.6 Å². The fourth-order valence-electron chi connectivity index (χ4n) is 2.24. The van der Waals surface area contributed by atoms with E-state index < -0.39 is 0 Å². The number of hydrogen-bond acceptors (Lipinski definition) is 5. The van der Waals surface area contributed by atoms with E-state index in [1.165, 1.54) is 0 Å². The lowest BCUT2D eigenvalue weighted by Crippen LogP contribution is -2.27. The quantitative estimate of drug-likeness (QED) is 0.845. The molecule has 0 spiro atoms. The second-order valence-electron chi connectivity index (χ2n) is 4.53. The van der Waals surface area contributed by atoms with Crippen LogP contribution >= 0.6 is 0 Å². The average molecular weight is 245 g/mol. The van der Waals surface area contributed by atoms with Crippen LogP contribution in [0.15, 0.2) is 28.8 Å². The first-order valence-electron chi connectivity index (χ1n) is 6.16. The second kappa shape index (κ2) is 4.78. The highest BCUT2D eigenvalue weighted by molar-refractivity contribution is 5.55. The molecule has 0 saturated carbocycles. The highest BCUT2D eigenvalue weighted by Gasteiger charge is 2.21. The second-order valence-corrected chi connectivity index (χ2v) is 4.53. The van der Waals surface area contributed by atoms with E-state index in [0.29, 0.717) is 11.8 Å². The predicted octanol–water partition coefficient (Wildman–Crippen LogP) is 1.91. The molecule has 0 amide bonds. The van der Waals surface area contributed by atoms with Crippen molar-refractivity contribution in [2.45, 2.75) is 18.8 Å². The smallest absolute Gasteiger partial charge is 0.258 e. The van der Waals surface area contributed by atoms with Crippen LogP contribution < -0.4 is 5.32 Å². The zero-order valence-electron chi connectivity index (χ0n) is 9.97. The van der Waals surface area contributed by atoms with E-state index in [4.69, 9.17) is 4.52 Å². The standard InChI is InChI=1S/C13H15N3O2/c17-11-3-1-2-10(8-11)13-15-12(16-18-13)9-4-6-14-7-5-9/h1-3,8-9,14,17H,4-7H2. The summed E-state index contributed by atoms with van der Waals surface area (Å²) in [7, 11) is 0. The first-order chi connectivity index (χ1) is 8.83. The third-order valence-corrected chi connectivity index (χ3v) is 3.24. The molecule has 1 saturated heterocycles. The van der Waals surface area contributed by atoms with Gasteiger partial charge in [0.25, 0.3) is 5.89 Å². The molecule has 5 heteroatoms. The molecule has 2 heterocycles. The Morgan fingerprint density at radius 1 is 1.28 bits per heavy atom. The highest BCUT2D eigenvalue weighted by Crippen LogP contribution is 2.26. The van der Waals surface area contributed by atoms with Gasteiger partial charge in [0.1, 0.15) is 5.75 Å². The highest BCUT2D eigenvalue weighted by atomic mass is 16.5. The van der Waals surface area contributed by atoms with Gasteiger partial charge in [0.15, 0.2) is 5.82 Å². The van der Waals surface area contributed by atoms with Gasteiger partial charge in [-0.3, -0.25) is 0 Å². The number of aromatic hydroxyl groups is 1. The molecule has 2 N–H and O–H groups in total. The lowest BCUT2D eigenvalue weighted by molar-refractivity contribution is 0.392. The summed E-state index contributed by atoms with van der Waals surface area (Å²) in [5, 5.41) is 16.8. The maximum absolute atomic E-state index is 9.43. The first-order valence-corrected chi connectivity index (χ1v) is 6.16. The Morgan fingerprint density at radius 2 is 2.11 bits per heavy atom. The van der Waals surface area contributed by atoms with Gasteiger partial charge in [0, 0.05) is 11.5 Å². The van der Waals surface area contributed by atoms with Crippen LogP contribution in [0.4, 0.5) is 0 Å². The van der Waals surface area contributed by atoms with Crippen molar-refractivity contribution in [3.63, 3.8) is 0 Å². The molecule has 1 aromatic carbocycles. The van der Waals surface area contributed by atoms with Gasteiger partial charge < -0.3 is 14.9 Å². The summed E-state index contributed by atoms with van der Waals surface area (Å²) in [6.45, 7) is 2.00. The summed E-state index contributed by atoms with van der Waals surface area (Å²) in [4.78, 5) is 4.43. The summed E-state index contributed by atoms with van der Waals surface area (Å²) in [6.07, 6.45) is 2.08. The Labute approximate surface area is 105 Å². The van der Waals surface area contributed by atoms with E-state index >= 15 is 0 Å². The van der Waals surface area contributed by atoms with Crippen molar-refractivity contribution in [3.05, 3.63) is 30.1 Å². The zero-order valence-corrected chi connectivity index (χ0v) is 9.97. The van der Waals surface area contributed by atoms with Gasteiger partial charge in [-0.05, 0) is 44.1 Å². The van der Waals surface area contributed by atoms with E-state index in [9.17, 15) is 5.11 Å². The minimum Gasteiger partial charge on any atom is -0.508 e. The molecular formula is C13H15N3O2. The van der Waals surface area contributed by atoms with Gasteiger partial charge in [-0.2, -0.15) is 4.98 Å². The van der Waals surface area contributed by atoms with E-state index in [-0.39, 0.29) is 5.75 Å². The number of nitrogens with zero attached hydrogens (tertiary/aromatic N) is 2. The maximum Gasteiger partial charge on any atom is 0.258 e. The van der Waals surface area contributed by atoms with Crippen molar-refractivity contribution >= 4 is 0 Å².